The lowest BCUT2D eigenvalue weighted by atomic mass is 10.0. The zero-order chi connectivity index (χ0) is 11.7. The van der Waals surface area contributed by atoms with E-state index in [1.165, 1.54) is 6.07 Å². The van der Waals surface area contributed by atoms with Gasteiger partial charge in [0.15, 0.2) is 0 Å². The summed E-state index contributed by atoms with van der Waals surface area (Å²) >= 11 is 0. The first-order valence-electron chi connectivity index (χ1n) is 4.94. The molecular formula is C12H12FN3. The van der Waals surface area contributed by atoms with Crippen LogP contribution in [0.1, 0.15) is 11.3 Å². The van der Waals surface area contributed by atoms with Crippen LogP contribution in [0.25, 0.3) is 11.3 Å². The zero-order valence-corrected chi connectivity index (χ0v) is 9.16. The molecule has 1 aromatic heterocycles. The topological polar surface area (TPSA) is 51.8 Å². The third-order valence-corrected chi connectivity index (χ3v) is 2.42. The van der Waals surface area contributed by atoms with Crippen molar-refractivity contribution in [2.75, 3.05) is 5.73 Å². The van der Waals surface area contributed by atoms with E-state index in [0.717, 1.165) is 11.3 Å². The fraction of sp³-hybridized carbons (Fsp3) is 0.167. The lowest BCUT2D eigenvalue weighted by Crippen LogP contribution is -1.99. The minimum atomic E-state index is -0.243. The van der Waals surface area contributed by atoms with Crippen LogP contribution in [-0.4, -0.2) is 9.97 Å². The number of hydrogen-bond acceptors (Lipinski definition) is 3. The Kier molecular flexibility index (Phi) is 2.56. The third kappa shape index (κ3) is 1.86. The quantitative estimate of drug-likeness (QED) is 0.798. The van der Waals surface area contributed by atoms with Gasteiger partial charge in [0.25, 0.3) is 0 Å². The second kappa shape index (κ2) is 3.89. The molecule has 0 unspecified atom stereocenters. The number of aromatic nitrogens is 2. The van der Waals surface area contributed by atoms with Crippen LogP contribution < -0.4 is 5.73 Å². The van der Waals surface area contributed by atoms with Crippen molar-refractivity contribution in [1.29, 1.82) is 0 Å². The van der Waals surface area contributed by atoms with Gasteiger partial charge in [-0.25, -0.2) is 14.4 Å². The highest BCUT2D eigenvalue weighted by molar-refractivity contribution is 5.64. The molecule has 0 saturated heterocycles. The molecule has 0 atom stereocenters. The molecule has 0 saturated carbocycles. The number of halogens is 1. The monoisotopic (exact) mass is 217 g/mol. The van der Waals surface area contributed by atoms with Crippen molar-refractivity contribution in [1.82, 2.24) is 9.97 Å². The minimum absolute atomic E-state index is 0.207. The molecule has 0 bridgehead atoms. The number of anilines is 1. The molecule has 0 spiro atoms. The van der Waals surface area contributed by atoms with Gasteiger partial charge in [0.1, 0.15) is 5.82 Å². The first kappa shape index (κ1) is 10.5. The van der Waals surface area contributed by atoms with Gasteiger partial charge in [0, 0.05) is 11.3 Å². The summed E-state index contributed by atoms with van der Waals surface area (Å²) in [5.74, 6) is -0.0361. The van der Waals surface area contributed by atoms with Crippen LogP contribution >= 0.6 is 0 Å². The largest absolute Gasteiger partial charge is 0.368 e. The average molecular weight is 217 g/mol. The number of rotatable bonds is 1. The predicted octanol–water partition coefficient (Wildman–Crippen LogP) is 2.48. The molecule has 0 aliphatic rings. The normalized spacial score (nSPS) is 10.4. The first-order chi connectivity index (χ1) is 7.58. The van der Waals surface area contributed by atoms with Gasteiger partial charge in [0.2, 0.25) is 5.95 Å². The van der Waals surface area contributed by atoms with Gasteiger partial charge < -0.3 is 5.73 Å². The fourth-order valence-electron chi connectivity index (χ4n) is 1.61. The standard InChI is InChI=1S/C12H12FN3/c1-7-6-11(16-12(14)15-7)9-4-3-5-10(13)8(9)2/h3-6H,1-2H3,(H2,14,15,16). The van der Waals surface area contributed by atoms with Crippen LogP contribution in [0.3, 0.4) is 0 Å². The lowest BCUT2D eigenvalue weighted by molar-refractivity contribution is 0.619. The Morgan fingerprint density at radius 2 is 1.94 bits per heavy atom. The number of aryl methyl sites for hydroxylation is 1. The van der Waals surface area contributed by atoms with Crippen molar-refractivity contribution in [3.05, 3.63) is 41.3 Å². The molecule has 0 aliphatic carbocycles. The highest BCUT2D eigenvalue weighted by Gasteiger charge is 2.08. The van der Waals surface area contributed by atoms with E-state index in [1.54, 1.807) is 19.1 Å². The molecule has 2 rings (SSSR count). The van der Waals surface area contributed by atoms with Crippen molar-refractivity contribution >= 4 is 5.95 Å². The molecule has 2 N–H and O–H groups in total. The minimum Gasteiger partial charge on any atom is -0.368 e. The van der Waals surface area contributed by atoms with Crippen molar-refractivity contribution in [3.8, 4) is 11.3 Å². The van der Waals surface area contributed by atoms with E-state index in [0.29, 0.717) is 11.3 Å². The SMILES string of the molecule is Cc1cc(-c2cccc(F)c2C)nc(N)n1. The Bertz CT molecular complexity index is 518. The smallest absolute Gasteiger partial charge is 0.220 e. The van der Waals surface area contributed by atoms with Gasteiger partial charge in [-0.3, -0.25) is 0 Å². The zero-order valence-electron chi connectivity index (χ0n) is 9.16. The van der Waals surface area contributed by atoms with Crippen LogP contribution in [0.4, 0.5) is 10.3 Å². The van der Waals surface area contributed by atoms with E-state index in [2.05, 4.69) is 9.97 Å². The van der Waals surface area contributed by atoms with Gasteiger partial charge >= 0.3 is 0 Å². The Hall–Kier alpha value is -1.97. The molecule has 0 radical (unpaired) electrons. The highest BCUT2D eigenvalue weighted by Crippen LogP contribution is 2.24. The number of benzene rings is 1. The lowest BCUT2D eigenvalue weighted by Gasteiger charge is -2.07. The second-order valence-electron chi connectivity index (χ2n) is 3.67. The summed E-state index contributed by atoms with van der Waals surface area (Å²) in [6, 6.07) is 6.69. The highest BCUT2D eigenvalue weighted by atomic mass is 19.1. The van der Waals surface area contributed by atoms with Crippen molar-refractivity contribution in [3.63, 3.8) is 0 Å². The summed E-state index contributed by atoms with van der Waals surface area (Å²) in [4.78, 5) is 8.09. The van der Waals surface area contributed by atoms with E-state index >= 15 is 0 Å². The molecule has 4 heteroatoms. The summed E-state index contributed by atoms with van der Waals surface area (Å²) in [6.45, 7) is 3.55. The molecular weight excluding hydrogens is 205 g/mol. The maximum atomic E-state index is 13.4. The molecule has 2 aromatic rings. The molecule has 1 aromatic carbocycles. The predicted molar refractivity (Wildman–Crippen MR) is 61.3 cm³/mol. The molecule has 0 fully saturated rings. The summed E-state index contributed by atoms with van der Waals surface area (Å²) in [5.41, 5.74) is 8.31. The van der Waals surface area contributed by atoms with Crippen LogP contribution in [-0.2, 0) is 0 Å². The Morgan fingerprint density at radius 1 is 1.19 bits per heavy atom. The van der Waals surface area contributed by atoms with Crippen molar-refractivity contribution in [2.45, 2.75) is 13.8 Å². The van der Waals surface area contributed by atoms with Crippen molar-refractivity contribution < 1.29 is 4.39 Å². The number of nitrogens with zero attached hydrogens (tertiary/aromatic N) is 2. The van der Waals surface area contributed by atoms with Crippen LogP contribution in [0, 0.1) is 19.7 Å². The maximum absolute atomic E-state index is 13.4. The van der Waals surface area contributed by atoms with Crippen LogP contribution in [0.2, 0.25) is 0 Å². The van der Waals surface area contributed by atoms with Gasteiger partial charge in [0.05, 0.1) is 5.69 Å². The van der Waals surface area contributed by atoms with Gasteiger partial charge in [-0.15, -0.1) is 0 Å². The molecule has 3 nitrogen and oxygen atoms in total. The average Bonchev–Trinajstić information content (AvgIpc) is 2.20. The van der Waals surface area contributed by atoms with E-state index in [9.17, 15) is 4.39 Å². The summed E-state index contributed by atoms with van der Waals surface area (Å²) in [5, 5.41) is 0. The molecule has 82 valence electrons. The Balaban J connectivity index is 2.63. The summed E-state index contributed by atoms with van der Waals surface area (Å²) in [7, 11) is 0. The first-order valence-corrected chi connectivity index (χ1v) is 4.94. The third-order valence-electron chi connectivity index (χ3n) is 2.42. The van der Waals surface area contributed by atoms with Crippen LogP contribution in [0.5, 0.6) is 0 Å². The fourth-order valence-corrected chi connectivity index (χ4v) is 1.61. The van der Waals surface area contributed by atoms with Gasteiger partial charge in [-0.1, -0.05) is 12.1 Å². The van der Waals surface area contributed by atoms with Gasteiger partial charge in [-0.05, 0) is 31.5 Å². The number of nitrogens with two attached hydrogens (primary N) is 1. The molecule has 0 amide bonds. The number of hydrogen-bond donors (Lipinski definition) is 1. The maximum Gasteiger partial charge on any atom is 0.220 e. The number of nitrogen functional groups attached to an aromatic ring is 1. The van der Waals surface area contributed by atoms with E-state index < -0.39 is 0 Å². The molecule has 16 heavy (non-hydrogen) atoms. The summed E-state index contributed by atoms with van der Waals surface area (Å²) in [6.07, 6.45) is 0. The van der Waals surface area contributed by atoms with E-state index in [1.807, 2.05) is 13.0 Å². The Morgan fingerprint density at radius 3 is 2.62 bits per heavy atom. The van der Waals surface area contributed by atoms with E-state index in [4.69, 9.17) is 5.73 Å². The molecule has 0 aliphatic heterocycles. The second-order valence-corrected chi connectivity index (χ2v) is 3.67. The summed E-state index contributed by atoms with van der Waals surface area (Å²) < 4.78 is 13.4. The van der Waals surface area contributed by atoms with Crippen LogP contribution in [0.15, 0.2) is 24.3 Å². The van der Waals surface area contributed by atoms with E-state index in [-0.39, 0.29) is 11.8 Å². The Labute approximate surface area is 93.2 Å². The molecule has 1 heterocycles. The van der Waals surface area contributed by atoms with Crippen molar-refractivity contribution in [2.24, 2.45) is 0 Å². The van der Waals surface area contributed by atoms with Gasteiger partial charge in [-0.2, -0.15) is 0 Å².